The molecule has 0 spiro atoms. The van der Waals surface area contributed by atoms with E-state index < -0.39 is 0 Å². The summed E-state index contributed by atoms with van der Waals surface area (Å²) in [5, 5.41) is 5.53. The number of nitrogens with one attached hydrogen (secondary N) is 2. The number of rotatable bonds is 6. The third kappa shape index (κ3) is 5.14. The Morgan fingerprint density at radius 1 is 1.24 bits per heavy atom. The first-order valence-electron chi connectivity index (χ1n) is 6.95. The maximum atomic E-state index is 11.8. The highest BCUT2D eigenvalue weighted by molar-refractivity contribution is 5.89. The molecule has 5 nitrogen and oxygen atoms in total. The van der Waals surface area contributed by atoms with Gasteiger partial charge in [-0.3, -0.25) is 4.98 Å². The quantitative estimate of drug-likeness (QED) is 0.856. The van der Waals surface area contributed by atoms with Crippen molar-refractivity contribution in [2.24, 2.45) is 0 Å². The molecule has 0 radical (unpaired) electrons. The number of urea groups is 1. The molecule has 2 aromatic rings. The molecule has 2 rings (SSSR count). The van der Waals surface area contributed by atoms with Gasteiger partial charge in [-0.1, -0.05) is 19.1 Å². The third-order valence-corrected chi connectivity index (χ3v) is 2.72. The van der Waals surface area contributed by atoms with Crippen LogP contribution in [0.25, 0.3) is 0 Å². The molecular weight excluding hydrogens is 266 g/mol. The van der Waals surface area contributed by atoms with Crippen LogP contribution in [0.15, 0.2) is 48.7 Å². The van der Waals surface area contributed by atoms with Crippen LogP contribution in [0.4, 0.5) is 10.5 Å². The van der Waals surface area contributed by atoms with Crippen LogP contribution >= 0.6 is 0 Å². The van der Waals surface area contributed by atoms with Gasteiger partial charge in [-0.05, 0) is 30.7 Å². The van der Waals surface area contributed by atoms with Gasteiger partial charge in [0.05, 0.1) is 18.8 Å². The number of pyridine rings is 1. The van der Waals surface area contributed by atoms with Gasteiger partial charge in [0.25, 0.3) is 0 Å². The molecular formula is C16H19N3O2. The molecule has 1 aromatic heterocycles. The zero-order valence-corrected chi connectivity index (χ0v) is 12.0. The molecule has 5 heteroatoms. The summed E-state index contributed by atoms with van der Waals surface area (Å²) in [4.78, 5) is 16.0. The van der Waals surface area contributed by atoms with E-state index >= 15 is 0 Å². The lowest BCUT2D eigenvalue weighted by Gasteiger charge is -2.09. The summed E-state index contributed by atoms with van der Waals surface area (Å²) in [5.41, 5.74) is 1.51. The predicted molar refractivity (Wildman–Crippen MR) is 82.3 cm³/mol. The molecule has 0 aliphatic rings. The zero-order valence-electron chi connectivity index (χ0n) is 12.0. The lowest BCUT2D eigenvalue weighted by Crippen LogP contribution is -2.28. The number of hydrogen-bond donors (Lipinski definition) is 2. The second-order valence-electron chi connectivity index (χ2n) is 4.51. The molecule has 0 unspecified atom stereocenters. The smallest absolute Gasteiger partial charge is 0.319 e. The SMILES string of the molecule is CCCOc1cccc(NC(=O)NCc2ccccn2)c1. The van der Waals surface area contributed by atoms with Crippen molar-refractivity contribution in [2.45, 2.75) is 19.9 Å². The topological polar surface area (TPSA) is 63.2 Å². The Kier molecular flexibility index (Phi) is 5.58. The van der Waals surface area contributed by atoms with E-state index in [1.165, 1.54) is 0 Å². The monoisotopic (exact) mass is 285 g/mol. The van der Waals surface area contributed by atoms with Gasteiger partial charge in [-0.25, -0.2) is 4.79 Å². The van der Waals surface area contributed by atoms with Crippen LogP contribution in [0, 0.1) is 0 Å². The van der Waals surface area contributed by atoms with Crippen molar-refractivity contribution in [3.63, 3.8) is 0 Å². The Morgan fingerprint density at radius 3 is 2.90 bits per heavy atom. The van der Waals surface area contributed by atoms with Gasteiger partial charge in [0.15, 0.2) is 0 Å². The molecule has 0 atom stereocenters. The number of nitrogens with zero attached hydrogens (tertiary/aromatic N) is 1. The van der Waals surface area contributed by atoms with E-state index in [2.05, 4.69) is 15.6 Å². The van der Waals surface area contributed by atoms with Crippen molar-refractivity contribution >= 4 is 11.7 Å². The molecule has 0 aliphatic carbocycles. The van der Waals surface area contributed by atoms with E-state index in [4.69, 9.17) is 4.74 Å². The second-order valence-corrected chi connectivity index (χ2v) is 4.51. The number of ether oxygens (including phenoxy) is 1. The van der Waals surface area contributed by atoms with Gasteiger partial charge in [0.1, 0.15) is 5.75 Å². The van der Waals surface area contributed by atoms with Crippen LogP contribution in [0.3, 0.4) is 0 Å². The lowest BCUT2D eigenvalue weighted by atomic mass is 10.3. The normalized spacial score (nSPS) is 9.95. The van der Waals surface area contributed by atoms with Gasteiger partial charge in [0, 0.05) is 18.0 Å². The van der Waals surface area contributed by atoms with E-state index in [0.717, 1.165) is 17.9 Å². The summed E-state index contributed by atoms with van der Waals surface area (Å²) in [7, 11) is 0. The number of anilines is 1. The maximum absolute atomic E-state index is 11.8. The van der Waals surface area contributed by atoms with Crippen LogP contribution in [0.1, 0.15) is 19.0 Å². The Labute approximate surface area is 124 Å². The lowest BCUT2D eigenvalue weighted by molar-refractivity contribution is 0.251. The zero-order chi connectivity index (χ0) is 14.9. The third-order valence-electron chi connectivity index (χ3n) is 2.72. The molecule has 2 amide bonds. The fourth-order valence-corrected chi connectivity index (χ4v) is 1.73. The Balaban J connectivity index is 1.84. The molecule has 0 bridgehead atoms. The molecule has 0 fully saturated rings. The first kappa shape index (κ1) is 14.8. The van der Waals surface area contributed by atoms with Crippen molar-refractivity contribution in [2.75, 3.05) is 11.9 Å². The molecule has 0 aliphatic heterocycles. The average Bonchev–Trinajstić information content (AvgIpc) is 2.52. The average molecular weight is 285 g/mol. The summed E-state index contributed by atoms with van der Waals surface area (Å²) in [6.45, 7) is 3.10. The first-order chi connectivity index (χ1) is 10.3. The van der Waals surface area contributed by atoms with Crippen LogP contribution in [0.2, 0.25) is 0 Å². The number of benzene rings is 1. The van der Waals surface area contributed by atoms with Crippen LogP contribution in [-0.2, 0) is 6.54 Å². The Hall–Kier alpha value is -2.56. The molecule has 1 aromatic carbocycles. The summed E-state index contributed by atoms with van der Waals surface area (Å²) < 4.78 is 5.52. The molecule has 2 N–H and O–H groups in total. The minimum atomic E-state index is -0.270. The molecule has 21 heavy (non-hydrogen) atoms. The van der Waals surface area contributed by atoms with Gasteiger partial charge in [-0.2, -0.15) is 0 Å². The van der Waals surface area contributed by atoms with E-state index in [1.54, 1.807) is 12.3 Å². The van der Waals surface area contributed by atoms with Gasteiger partial charge in [-0.15, -0.1) is 0 Å². The largest absolute Gasteiger partial charge is 0.494 e. The van der Waals surface area contributed by atoms with Gasteiger partial charge in [0.2, 0.25) is 0 Å². The van der Waals surface area contributed by atoms with E-state index in [-0.39, 0.29) is 6.03 Å². The maximum Gasteiger partial charge on any atom is 0.319 e. The number of amides is 2. The summed E-state index contributed by atoms with van der Waals surface area (Å²) >= 11 is 0. The molecule has 110 valence electrons. The van der Waals surface area contributed by atoms with Crippen molar-refractivity contribution in [3.8, 4) is 5.75 Å². The summed E-state index contributed by atoms with van der Waals surface area (Å²) in [5.74, 6) is 0.749. The highest BCUT2D eigenvalue weighted by Crippen LogP contribution is 2.17. The molecule has 0 saturated carbocycles. The van der Waals surface area contributed by atoms with Crippen molar-refractivity contribution in [3.05, 3.63) is 54.4 Å². The van der Waals surface area contributed by atoms with Crippen molar-refractivity contribution in [1.29, 1.82) is 0 Å². The van der Waals surface area contributed by atoms with Gasteiger partial charge >= 0.3 is 6.03 Å². The highest BCUT2D eigenvalue weighted by atomic mass is 16.5. The van der Waals surface area contributed by atoms with Crippen molar-refractivity contribution < 1.29 is 9.53 Å². The van der Waals surface area contributed by atoms with Crippen molar-refractivity contribution in [1.82, 2.24) is 10.3 Å². The number of carbonyl (C=O) groups excluding carboxylic acids is 1. The number of aromatic nitrogens is 1. The Bertz CT molecular complexity index is 573. The van der Waals surface area contributed by atoms with E-state index in [9.17, 15) is 4.79 Å². The van der Waals surface area contributed by atoms with Crippen LogP contribution in [0.5, 0.6) is 5.75 Å². The fraction of sp³-hybridized carbons (Fsp3) is 0.250. The molecule has 1 heterocycles. The second kappa shape index (κ2) is 7.89. The Morgan fingerprint density at radius 2 is 2.14 bits per heavy atom. The standard InChI is InChI=1S/C16H19N3O2/c1-2-10-21-15-8-5-7-13(11-15)19-16(20)18-12-14-6-3-4-9-17-14/h3-9,11H,2,10,12H2,1H3,(H2,18,19,20). The minimum absolute atomic E-state index is 0.270. The first-order valence-corrected chi connectivity index (χ1v) is 6.95. The molecule has 0 saturated heterocycles. The predicted octanol–water partition coefficient (Wildman–Crippen LogP) is 3.19. The minimum Gasteiger partial charge on any atom is -0.494 e. The van der Waals surface area contributed by atoms with E-state index in [0.29, 0.717) is 18.8 Å². The van der Waals surface area contributed by atoms with Gasteiger partial charge < -0.3 is 15.4 Å². The number of carbonyl (C=O) groups is 1. The van der Waals surface area contributed by atoms with Crippen LogP contribution < -0.4 is 15.4 Å². The van der Waals surface area contributed by atoms with Crippen LogP contribution in [-0.4, -0.2) is 17.6 Å². The summed E-state index contributed by atoms with van der Waals surface area (Å²) in [6, 6.07) is 12.6. The number of hydrogen-bond acceptors (Lipinski definition) is 3. The highest BCUT2D eigenvalue weighted by Gasteiger charge is 2.03. The van der Waals surface area contributed by atoms with E-state index in [1.807, 2.05) is 43.3 Å². The fourth-order valence-electron chi connectivity index (χ4n) is 1.73. The summed E-state index contributed by atoms with van der Waals surface area (Å²) in [6.07, 6.45) is 2.64.